The third-order valence-electron chi connectivity index (χ3n) is 2.83. The highest BCUT2D eigenvalue weighted by Crippen LogP contribution is 2.09. The lowest BCUT2D eigenvalue weighted by Crippen LogP contribution is -2.47. The second-order valence-corrected chi connectivity index (χ2v) is 4.98. The van der Waals surface area contributed by atoms with E-state index in [1.807, 2.05) is 11.8 Å². The molecule has 88 valence electrons. The monoisotopic (exact) mass is 230 g/mol. The molecule has 0 radical (unpaired) electrons. The largest absolute Gasteiger partial charge is 0.355 e. The van der Waals surface area contributed by atoms with E-state index in [-0.39, 0.29) is 11.9 Å². The van der Waals surface area contributed by atoms with E-state index in [4.69, 9.17) is 0 Å². The van der Waals surface area contributed by atoms with Gasteiger partial charge >= 0.3 is 0 Å². The molecule has 0 spiro atoms. The molecule has 0 aromatic rings. The zero-order chi connectivity index (χ0) is 11.1. The molecule has 2 atom stereocenters. The molecule has 15 heavy (non-hydrogen) atoms. The van der Waals surface area contributed by atoms with Crippen molar-refractivity contribution in [2.45, 2.75) is 44.7 Å². The van der Waals surface area contributed by atoms with E-state index < -0.39 is 0 Å². The molecule has 1 saturated heterocycles. The second kappa shape index (κ2) is 7.12. The van der Waals surface area contributed by atoms with Crippen LogP contribution in [0.15, 0.2) is 0 Å². The van der Waals surface area contributed by atoms with Gasteiger partial charge < -0.3 is 10.6 Å². The summed E-state index contributed by atoms with van der Waals surface area (Å²) < 4.78 is 0. The van der Waals surface area contributed by atoms with Crippen LogP contribution in [0.1, 0.15) is 32.6 Å². The van der Waals surface area contributed by atoms with Crippen LogP contribution in [0.5, 0.6) is 0 Å². The Morgan fingerprint density at radius 2 is 2.40 bits per heavy atom. The number of hydrogen-bond donors (Lipinski definition) is 2. The van der Waals surface area contributed by atoms with Crippen LogP contribution < -0.4 is 10.6 Å². The zero-order valence-electron chi connectivity index (χ0n) is 9.71. The molecule has 1 aliphatic heterocycles. The fourth-order valence-corrected chi connectivity index (χ4v) is 2.60. The molecule has 1 heterocycles. The molecule has 0 saturated carbocycles. The molecule has 2 N–H and O–H groups in total. The third kappa shape index (κ3) is 4.43. The zero-order valence-corrected chi connectivity index (χ0v) is 10.5. The van der Waals surface area contributed by atoms with Crippen molar-refractivity contribution in [1.82, 2.24) is 10.6 Å². The summed E-state index contributed by atoms with van der Waals surface area (Å²) >= 11 is 1.84. The minimum absolute atomic E-state index is 0.0320. The Balaban J connectivity index is 2.42. The van der Waals surface area contributed by atoms with Gasteiger partial charge in [-0.1, -0.05) is 6.92 Å². The summed E-state index contributed by atoms with van der Waals surface area (Å²) in [5, 5.41) is 6.42. The average Bonchev–Trinajstić information content (AvgIpc) is 2.43. The lowest BCUT2D eigenvalue weighted by atomic mass is 10.1. The first-order valence-corrected chi connectivity index (χ1v) is 7.20. The smallest absolute Gasteiger partial charge is 0.237 e. The van der Waals surface area contributed by atoms with E-state index in [0.717, 1.165) is 38.0 Å². The first kappa shape index (κ1) is 12.8. The summed E-state index contributed by atoms with van der Waals surface area (Å²) in [5.41, 5.74) is 0. The Bertz CT molecular complexity index is 199. The predicted octanol–water partition coefficient (Wildman–Crippen LogP) is 1.39. The summed E-state index contributed by atoms with van der Waals surface area (Å²) in [5.74, 6) is 1.27. The van der Waals surface area contributed by atoms with E-state index in [1.165, 1.54) is 0 Å². The Morgan fingerprint density at radius 1 is 1.60 bits per heavy atom. The SMILES string of the molecule is CCC(CSC)NC1CCCCNC1=O. The quantitative estimate of drug-likeness (QED) is 0.750. The lowest BCUT2D eigenvalue weighted by Gasteiger charge is -2.22. The van der Waals surface area contributed by atoms with Crippen LogP contribution in [0.2, 0.25) is 0 Å². The molecule has 4 heteroatoms. The number of nitrogens with one attached hydrogen (secondary N) is 2. The van der Waals surface area contributed by atoms with Gasteiger partial charge in [0.25, 0.3) is 0 Å². The highest BCUT2D eigenvalue weighted by molar-refractivity contribution is 7.98. The first-order chi connectivity index (χ1) is 7.27. The average molecular weight is 230 g/mol. The molecule has 2 unspecified atom stereocenters. The molecule has 1 aliphatic rings. The fourth-order valence-electron chi connectivity index (χ4n) is 1.87. The minimum Gasteiger partial charge on any atom is -0.355 e. The Labute approximate surface area is 96.8 Å². The number of thioether (sulfide) groups is 1. The third-order valence-corrected chi connectivity index (χ3v) is 3.57. The highest BCUT2D eigenvalue weighted by Gasteiger charge is 2.22. The minimum atomic E-state index is 0.0320. The summed E-state index contributed by atoms with van der Waals surface area (Å²) in [4.78, 5) is 11.7. The van der Waals surface area contributed by atoms with Gasteiger partial charge in [0.1, 0.15) is 0 Å². The van der Waals surface area contributed by atoms with Gasteiger partial charge in [0, 0.05) is 18.3 Å². The molecular weight excluding hydrogens is 208 g/mol. The van der Waals surface area contributed by atoms with Crippen molar-refractivity contribution in [3.63, 3.8) is 0 Å². The fraction of sp³-hybridized carbons (Fsp3) is 0.909. The van der Waals surface area contributed by atoms with Crippen molar-refractivity contribution in [2.24, 2.45) is 0 Å². The molecule has 3 nitrogen and oxygen atoms in total. The topological polar surface area (TPSA) is 41.1 Å². The number of amides is 1. The van der Waals surface area contributed by atoms with Crippen LogP contribution in [0.3, 0.4) is 0 Å². The van der Waals surface area contributed by atoms with Crippen molar-refractivity contribution in [3.8, 4) is 0 Å². The Hall–Kier alpha value is -0.220. The molecule has 1 rings (SSSR count). The Morgan fingerprint density at radius 3 is 3.07 bits per heavy atom. The predicted molar refractivity (Wildman–Crippen MR) is 66.2 cm³/mol. The van der Waals surface area contributed by atoms with Crippen LogP contribution >= 0.6 is 11.8 Å². The molecule has 1 amide bonds. The van der Waals surface area contributed by atoms with E-state index in [1.54, 1.807) is 0 Å². The van der Waals surface area contributed by atoms with E-state index in [9.17, 15) is 4.79 Å². The van der Waals surface area contributed by atoms with Gasteiger partial charge in [0.05, 0.1) is 6.04 Å². The highest BCUT2D eigenvalue weighted by atomic mass is 32.2. The molecular formula is C11H22N2OS. The van der Waals surface area contributed by atoms with Crippen molar-refractivity contribution < 1.29 is 4.79 Å². The van der Waals surface area contributed by atoms with Gasteiger partial charge in [0.2, 0.25) is 5.91 Å². The van der Waals surface area contributed by atoms with Gasteiger partial charge in [-0.3, -0.25) is 4.79 Å². The van der Waals surface area contributed by atoms with Gasteiger partial charge in [-0.25, -0.2) is 0 Å². The van der Waals surface area contributed by atoms with Crippen LogP contribution in [0, 0.1) is 0 Å². The van der Waals surface area contributed by atoms with Gasteiger partial charge in [-0.15, -0.1) is 0 Å². The van der Waals surface area contributed by atoms with E-state index in [0.29, 0.717) is 6.04 Å². The summed E-state index contributed by atoms with van der Waals surface area (Å²) in [7, 11) is 0. The number of hydrogen-bond acceptors (Lipinski definition) is 3. The lowest BCUT2D eigenvalue weighted by molar-refractivity contribution is -0.123. The first-order valence-electron chi connectivity index (χ1n) is 5.80. The van der Waals surface area contributed by atoms with Gasteiger partial charge in [-0.2, -0.15) is 11.8 Å². The molecule has 0 aromatic heterocycles. The van der Waals surface area contributed by atoms with Crippen molar-refractivity contribution in [3.05, 3.63) is 0 Å². The summed E-state index contributed by atoms with van der Waals surface area (Å²) in [6.07, 6.45) is 6.44. The second-order valence-electron chi connectivity index (χ2n) is 4.07. The standard InChI is InChI=1S/C11H22N2OS/c1-3-9(8-15-2)13-10-6-4-5-7-12-11(10)14/h9-10,13H,3-8H2,1-2H3,(H,12,14). The molecule has 0 aliphatic carbocycles. The van der Waals surface area contributed by atoms with Crippen LogP contribution in [-0.4, -0.2) is 36.5 Å². The maximum absolute atomic E-state index is 11.7. The molecule has 0 aromatic carbocycles. The van der Waals surface area contributed by atoms with Crippen LogP contribution in [0.4, 0.5) is 0 Å². The maximum atomic E-state index is 11.7. The van der Waals surface area contributed by atoms with Crippen molar-refractivity contribution in [2.75, 3.05) is 18.6 Å². The number of carbonyl (C=O) groups excluding carboxylic acids is 1. The number of rotatable bonds is 5. The van der Waals surface area contributed by atoms with Crippen molar-refractivity contribution in [1.29, 1.82) is 0 Å². The molecule has 0 bridgehead atoms. The van der Waals surface area contributed by atoms with Crippen molar-refractivity contribution >= 4 is 17.7 Å². The maximum Gasteiger partial charge on any atom is 0.237 e. The summed E-state index contributed by atoms with van der Waals surface area (Å²) in [6.45, 7) is 3.01. The van der Waals surface area contributed by atoms with Crippen LogP contribution in [0.25, 0.3) is 0 Å². The van der Waals surface area contributed by atoms with Gasteiger partial charge in [0.15, 0.2) is 0 Å². The number of carbonyl (C=O) groups is 1. The van der Waals surface area contributed by atoms with Gasteiger partial charge in [-0.05, 0) is 31.9 Å². The summed E-state index contributed by atoms with van der Waals surface area (Å²) in [6, 6.07) is 0.499. The Kier molecular flexibility index (Phi) is 6.10. The van der Waals surface area contributed by atoms with E-state index >= 15 is 0 Å². The van der Waals surface area contributed by atoms with Crippen LogP contribution in [-0.2, 0) is 4.79 Å². The molecule has 1 fully saturated rings. The normalized spacial score (nSPS) is 24.4. The van der Waals surface area contributed by atoms with E-state index in [2.05, 4.69) is 23.8 Å².